The van der Waals surface area contributed by atoms with Gasteiger partial charge in [-0.3, -0.25) is 28.9 Å². The van der Waals surface area contributed by atoms with Crippen LogP contribution in [-0.4, -0.2) is 71.5 Å². The Bertz CT molecular complexity index is 635. The van der Waals surface area contributed by atoms with Gasteiger partial charge < -0.3 is 10.1 Å². The first kappa shape index (κ1) is 26.3. The van der Waals surface area contributed by atoms with Crippen LogP contribution in [0.25, 0.3) is 0 Å². The molecule has 1 rings (SSSR count). The number of ether oxygens (including phenoxy) is 1. The van der Waals surface area contributed by atoms with Gasteiger partial charge in [-0.1, -0.05) is 27.7 Å². The Morgan fingerprint density at radius 3 is 2.30 bits per heavy atom. The van der Waals surface area contributed by atoms with E-state index in [0.29, 0.717) is 38.4 Å². The summed E-state index contributed by atoms with van der Waals surface area (Å²) in [5.74, 6) is -0.0788. The van der Waals surface area contributed by atoms with Crippen molar-refractivity contribution in [2.75, 3.05) is 32.1 Å². The van der Waals surface area contributed by atoms with E-state index in [0.717, 1.165) is 4.90 Å². The highest BCUT2D eigenvalue weighted by molar-refractivity contribution is 8.00. The predicted octanol–water partition coefficient (Wildman–Crippen LogP) is 1.60. The molecule has 8 nitrogen and oxygen atoms in total. The highest BCUT2D eigenvalue weighted by atomic mass is 32.2. The van der Waals surface area contributed by atoms with Crippen LogP contribution in [0.3, 0.4) is 0 Å². The van der Waals surface area contributed by atoms with Crippen LogP contribution in [0.4, 0.5) is 0 Å². The van der Waals surface area contributed by atoms with Crippen LogP contribution in [0.15, 0.2) is 0 Å². The molecule has 1 saturated heterocycles. The second-order valence-electron chi connectivity index (χ2n) is 7.90. The standard InChI is InChI=1S/C21H34N2O6S/c1-14(2)16(24)6-10-29-11-8-22-19(26)5-9-23-20(27)13-18(21(23)28)30-12-7-17(25)15(3)4/h14-15,18H,5-13H2,1-4H3,(H,22,26). The third-order valence-electron chi connectivity index (χ3n) is 4.78. The largest absolute Gasteiger partial charge is 0.379 e. The zero-order valence-corrected chi connectivity index (χ0v) is 19.2. The summed E-state index contributed by atoms with van der Waals surface area (Å²) >= 11 is 1.33. The third kappa shape index (κ3) is 9.38. The summed E-state index contributed by atoms with van der Waals surface area (Å²) in [4.78, 5) is 60.7. The van der Waals surface area contributed by atoms with Crippen molar-refractivity contribution >= 4 is 41.0 Å². The van der Waals surface area contributed by atoms with Crippen LogP contribution in [0, 0.1) is 11.8 Å². The number of carbonyl (C=O) groups excluding carboxylic acids is 5. The molecule has 1 unspecified atom stereocenters. The lowest BCUT2D eigenvalue weighted by molar-refractivity contribution is -0.138. The molecule has 0 aromatic rings. The fourth-order valence-corrected chi connectivity index (χ4v) is 3.87. The molecule has 1 N–H and O–H groups in total. The third-order valence-corrected chi connectivity index (χ3v) is 5.99. The minimum absolute atomic E-state index is 0.00941. The van der Waals surface area contributed by atoms with Crippen LogP contribution in [0.1, 0.15) is 53.4 Å². The lowest BCUT2D eigenvalue weighted by Crippen LogP contribution is -2.36. The van der Waals surface area contributed by atoms with Gasteiger partial charge in [0.25, 0.3) is 0 Å². The lowest BCUT2D eigenvalue weighted by atomic mass is 10.1. The van der Waals surface area contributed by atoms with E-state index in [1.165, 1.54) is 11.8 Å². The van der Waals surface area contributed by atoms with Crippen LogP contribution in [0.5, 0.6) is 0 Å². The number of amides is 3. The second-order valence-corrected chi connectivity index (χ2v) is 9.21. The van der Waals surface area contributed by atoms with Crippen LogP contribution in [-0.2, 0) is 28.7 Å². The molecular formula is C21H34N2O6S. The Morgan fingerprint density at radius 1 is 1.03 bits per heavy atom. The Morgan fingerprint density at radius 2 is 1.67 bits per heavy atom. The van der Waals surface area contributed by atoms with E-state index in [-0.39, 0.29) is 60.5 Å². The van der Waals surface area contributed by atoms with Gasteiger partial charge in [0.05, 0.1) is 18.5 Å². The van der Waals surface area contributed by atoms with Gasteiger partial charge in [-0.15, -0.1) is 11.8 Å². The SMILES string of the molecule is CC(C)C(=O)CCOCCNC(=O)CCN1C(=O)CC(SCCC(=O)C(C)C)C1=O. The molecular weight excluding hydrogens is 408 g/mol. The van der Waals surface area contributed by atoms with Gasteiger partial charge in [-0.05, 0) is 0 Å². The summed E-state index contributed by atoms with van der Waals surface area (Å²) in [6.45, 7) is 8.33. The number of hydrogen-bond donors (Lipinski definition) is 1. The number of nitrogens with zero attached hydrogens (tertiary/aromatic N) is 1. The molecule has 0 aliphatic carbocycles. The number of likely N-dealkylation sites (tertiary alicyclic amines) is 1. The number of rotatable bonds is 15. The molecule has 1 aliphatic rings. The maximum atomic E-state index is 12.4. The van der Waals surface area contributed by atoms with E-state index in [9.17, 15) is 24.0 Å². The fourth-order valence-electron chi connectivity index (χ4n) is 2.74. The summed E-state index contributed by atoms with van der Waals surface area (Å²) in [6.07, 6.45) is 0.891. The summed E-state index contributed by atoms with van der Waals surface area (Å²) in [6, 6.07) is 0. The van der Waals surface area contributed by atoms with Gasteiger partial charge in [-0.25, -0.2) is 0 Å². The van der Waals surface area contributed by atoms with Crippen LogP contribution in [0.2, 0.25) is 0 Å². The van der Waals surface area contributed by atoms with Gasteiger partial charge >= 0.3 is 0 Å². The van der Waals surface area contributed by atoms with Crippen molar-refractivity contribution in [2.24, 2.45) is 11.8 Å². The van der Waals surface area contributed by atoms with Crippen molar-refractivity contribution in [1.82, 2.24) is 10.2 Å². The van der Waals surface area contributed by atoms with Crippen LogP contribution >= 0.6 is 11.8 Å². The average Bonchev–Trinajstić information content (AvgIpc) is 2.95. The van der Waals surface area contributed by atoms with Gasteiger partial charge in [-0.2, -0.15) is 0 Å². The summed E-state index contributed by atoms with van der Waals surface area (Å²) in [5.41, 5.74) is 0. The number of carbonyl (C=O) groups is 5. The molecule has 0 saturated carbocycles. The van der Waals surface area contributed by atoms with Crippen molar-refractivity contribution in [3.63, 3.8) is 0 Å². The Hall–Kier alpha value is -1.74. The van der Waals surface area contributed by atoms with E-state index < -0.39 is 5.25 Å². The number of imide groups is 1. The van der Waals surface area contributed by atoms with Gasteiger partial charge in [0.1, 0.15) is 11.6 Å². The molecule has 1 atom stereocenters. The average molecular weight is 443 g/mol. The lowest BCUT2D eigenvalue weighted by Gasteiger charge is -2.15. The van der Waals surface area contributed by atoms with Gasteiger partial charge in [0.15, 0.2) is 0 Å². The van der Waals surface area contributed by atoms with Crippen LogP contribution < -0.4 is 5.32 Å². The Kier molecular flexibility index (Phi) is 11.9. The highest BCUT2D eigenvalue weighted by Gasteiger charge is 2.38. The molecule has 1 heterocycles. The smallest absolute Gasteiger partial charge is 0.242 e. The molecule has 0 aromatic heterocycles. The maximum absolute atomic E-state index is 12.4. The van der Waals surface area contributed by atoms with Crippen molar-refractivity contribution in [3.05, 3.63) is 0 Å². The predicted molar refractivity (Wildman–Crippen MR) is 115 cm³/mol. The van der Waals surface area contributed by atoms with Crippen molar-refractivity contribution in [1.29, 1.82) is 0 Å². The van der Waals surface area contributed by atoms with Crippen molar-refractivity contribution in [3.8, 4) is 0 Å². The molecule has 0 bridgehead atoms. The minimum Gasteiger partial charge on any atom is -0.379 e. The van der Waals surface area contributed by atoms with E-state index >= 15 is 0 Å². The van der Waals surface area contributed by atoms with E-state index in [1.807, 2.05) is 27.7 Å². The highest BCUT2D eigenvalue weighted by Crippen LogP contribution is 2.26. The Labute approximate surface area is 182 Å². The Balaban J connectivity index is 2.21. The van der Waals surface area contributed by atoms with E-state index in [4.69, 9.17) is 4.74 Å². The number of Topliss-reactive ketones (excluding diaryl/α,β-unsaturated/α-hetero) is 2. The zero-order chi connectivity index (χ0) is 22.7. The van der Waals surface area contributed by atoms with Crippen molar-refractivity contribution in [2.45, 2.75) is 58.6 Å². The molecule has 1 fully saturated rings. The van der Waals surface area contributed by atoms with E-state index in [1.54, 1.807) is 0 Å². The molecule has 170 valence electrons. The van der Waals surface area contributed by atoms with Crippen molar-refractivity contribution < 1.29 is 28.7 Å². The molecule has 0 spiro atoms. The maximum Gasteiger partial charge on any atom is 0.242 e. The molecule has 9 heteroatoms. The normalized spacial score (nSPS) is 16.6. The number of hydrogen-bond acceptors (Lipinski definition) is 7. The number of ketones is 2. The second kappa shape index (κ2) is 13.5. The molecule has 30 heavy (non-hydrogen) atoms. The van der Waals surface area contributed by atoms with Gasteiger partial charge in [0, 0.05) is 56.4 Å². The molecule has 3 amide bonds. The number of nitrogens with one attached hydrogen (secondary N) is 1. The minimum atomic E-state index is -0.470. The fraction of sp³-hybridized carbons (Fsp3) is 0.762. The van der Waals surface area contributed by atoms with E-state index in [2.05, 4.69) is 5.32 Å². The zero-order valence-electron chi connectivity index (χ0n) is 18.4. The summed E-state index contributed by atoms with van der Waals surface area (Å²) < 4.78 is 5.32. The molecule has 0 aromatic carbocycles. The number of thioether (sulfide) groups is 1. The first-order valence-electron chi connectivity index (χ1n) is 10.5. The topological polar surface area (TPSA) is 110 Å². The monoisotopic (exact) mass is 442 g/mol. The quantitative estimate of drug-likeness (QED) is 0.303. The first-order valence-corrected chi connectivity index (χ1v) is 11.5. The summed E-state index contributed by atoms with van der Waals surface area (Å²) in [5, 5.41) is 2.20. The first-order chi connectivity index (χ1) is 14.1. The van der Waals surface area contributed by atoms with Gasteiger partial charge in [0.2, 0.25) is 17.7 Å². The summed E-state index contributed by atoms with van der Waals surface area (Å²) in [7, 11) is 0. The molecule has 1 aliphatic heterocycles. The molecule has 0 radical (unpaired) electrons.